The van der Waals surface area contributed by atoms with Gasteiger partial charge in [0.15, 0.2) is 0 Å². The van der Waals surface area contributed by atoms with E-state index in [1.807, 2.05) is 6.07 Å². The molecule has 1 saturated heterocycles. The molecule has 1 unspecified atom stereocenters. The topological polar surface area (TPSA) is 22.1 Å². The van der Waals surface area contributed by atoms with Crippen LogP contribution in [0, 0.1) is 5.92 Å². The molecule has 1 atom stereocenters. The van der Waals surface area contributed by atoms with E-state index in [9.17, 15) is 0 Å². The van der Waals surface area contributed by atoms with Gasteiger partial charge in [0.25, 0.3) is 0 Å². The van der Waals surface area contributed by atoms with Gasteiger partial charge >= 0.3 is 0 Å². The minimum atomic E-state index is 0.142. The number of hydrogen-bond donors (Lipinski definition) is 0. The molecule has 0 amide bonds. The van der Waals surface area contributed by atoms with E-state index in [0.717, 1.165) is 38.0 Å². The van der Waals surface area contributed by atoms with Crippen molar-refractivity contribution >= 4 is 23.2 Å². The van der Waals surface area contributed by atoms with Crippen LogP contribution in [0.5, 0.6) is 0 Å². The minimum absolute atomic E-state index is 0.142. The first-order valence-corrected chi connectivity index (χ1v) is 6.39. The third-order valence-electron chi connectivity index (χ3n) is 3.05. The lowest BCUT2D eigenvalue weighted by atomic mass is 9.92. The van der Waals surface area contributed by atoms with E-state index >= 15 is 0 Å². The number of ether oxygens (including phenoxy) is 1. The summed E-state index contributed by atoms with van der Waals surface area (Å²) in [4.78, 5) is 3.97. The zero-order chi connectivity index (χ0) is 11.4. The molecule has 1 aliphatic heterocycles. The third kappa shape index (κ3) is 3.09. The number of rotatable bonds is 3. The fourth-order valence-corrected chi connectivity index (χ4v) is 2.64. The second-order valence-corrected chi connectivity index (χ2v) is 5.10. The first-order chi connectivity index (χ1) is 7.77. The van der Waals surface area contributed by atoms with Gasteiger partial charge in [-0.05, 0) is 36.8 Å². The summed E-state index contributed by atoms with van der Waals surface area (Å²) in [6.07, 6.45) is 6.35. The maximum atomic E-state index is 6.43. The molecule has 2 rings (SSSR count). The number of pyridine rings is 1. The molecule has 0 N–H and O–H groups in total. The largest absolute Gasteiger partial charge is 0.381 e. The van der Waals surface area contributed by atoms with Crippen molar-refractivity contribution in [3.05, 3.63) is 29.0 Å². The Hall–Kier alpha value is -0.310. The second kappa shape index (κ2) is 5.85. The summed E-state index contributed by atoms with van der Waals surface area (Å²) in [5, 5.41) is 0.851. The van der Waals surface area contributed by atoms with E-state index in [0.29, 0.717) is 10.9 Å². The second-order valence-electron chi connectivity index (χ2n) is 4.14. The van der Waals surface area contributed by atoms with Gasteiger partial charge in [0.05, 0.1) is 5.02 Å². The van der Waals surface area contributed by atoms with Gasteiger partial charge in [-0.3, -0.25) is 4.98 Å². The molecule has 4 heteroatoms. The lowest BCUT2D eigenvalue weighted by molar-refractivity contribution is 0.0651. The third-order valence-corrected chi connectivity index (χ3v) is 3.90. The molecule has 16 heavy (non-hydrogen) atoms. The molecule has 1 aromatic heterocycles. The molecule has 2 heterocycles. The average Bonchev–Trinajstić information content (AvgIpc) is 2.33. The molecule has 88 valence electrons. The number of hydrogen-bond acceptors (Lipinski definition) is 2. The highest BCUT2D eigenvalue weighted by molar-refractivity contribution is 6.31. The maximum Gasteiger partial charge on any atom is 0.0621 e. The Morgan fingerprint density at radius 2 is 2.19 bits per heavy atom. The van der Waals surface area contributed by atoms with Crippen LogP contribution in [0.15, 0.2) is 18.5 Å². The molecule has 0 radical (unpaired) electrons. The SMILES string of the molecule is Clc1cnccc1CC(Cl)C1CCOCC1. The Morgan fingerprint density at radius 1 is 1.44 bits per heavy atom. The van der Waals surface area contributed by atoms with Crippen LogP contribution in [0.1, 0.15) is 18.4 Å². The summed E-state index contributed by atoms with van der Waals surface area (Å²) in [6.45, 7) is 1.66. The van der Waals surface area contributed by atoms with Crippen molar-refractivity contribution < 1.29 is 4.74 Å². The first-order valence-electron chi connectivity index (χ1n) is 5.57. The Kier molecular flexibility index (Phi) is 4.45. The quantitative estimate of drug-likeness (QED) is 0.778. The predicted octanol–water partition coefficient (Wildman–Crippen LogP) is 3.31. The van der Waals surface area contributed by atoms with E-state index in [-0.39, 0.29) is 5.38 Å². The normalized spacial score (nSPS) is 19.6. The van der Waals surface area contributed by atoms with E-state index in [1.165, 1.54) is 0 Å². The molecule has 1 aliphatic rings. The maximum absolute atomic E-state index is 6.43. The van der Waals surface area contributed by atoms with Crippen molar-refractivity contribution in [3.63, 3.8) is 0 Å². The summed E-state index contributed by atoms with van der Waals surface area (Å²) in [5.41, 5.74) is 1.09. The highest BCUT2D eigenvalue weighted by Crippen LogP contribution is 2.27. The highest BCUT2D eigenvalue weighted by Gasteiger charge is 2.22. The van der Waals surface area contributed by atoms with Gasteiger partial charge < -0.3 is 4.74 Å². The molecule has 2 nitrogen and oxygen atoms in total. The van der Waals surface area contributed by atoms with Crippen LogP contribution in [0.3, 0.4) is 0 Å². The zero-order valence-electron chi connectivity index (χ0n) is 9.03. The molecule has 0 aromatic carbocycles. The molecular weight excluding hydrogens is 245 g/mol. The van der Waals surface area contributed by atoms with Crippen LogP contribution in [0.2, 0.25) is 5.02 Å². The van der Waals surface area contributed by atoms with Crippen molar-refractivity contribution in [1.29, 1.82) is 0 Å². The zero-order valence-corrected chi connectivity index (χ0v) is 10.5. The van der Waals surface area contributed by atoms with Crippen molar-refractivity contribution in [3.8, 4) is 0 Å². The monoisotopic (exact) mass is 259 g/mol. The van der Waals surface area contributed by atoms with E-state index < -0.39 is 0 Å². The Morgan fingerprint density at radius 3 is 2.88 bits per heavy atom. The number of alkyl halides is 1. The molecule has 1 aromatic rings. The van der Waals surface area contributed by atoms with Gasteiger partial charge in [-0.15, -0.1) is 11.6 Å². The van der Waals surface area contributed by atoms with Crippen LogP contribution in [-0.4, -0.2) is 23.6 Å². The van der Waals surface area contributed by atoms with Gasteiger partial charge in [-0.1, -0.05) is 11.6 Å². The summed E-state index contributed by atoms with van der Waals surface area (Å²) >= 11 is 12.5. The van der Waals surface area contributed by atoms with Crippen LogP contribution in [-0.2, 0) is 11.2 Å². The van der Waals surface area contributed by atoms with Crippen molar-refractivity contribution in [2.24, 2.45) is 5.92 Å². The highest BCUT2D eigenvalue weighted by atomic mass is 35.5. The molecule has 0 aliphatic carbocycles. The Bertz CT molecular complexity index is 340. The smallest absolute Gasteiger partial charge is 0.0621 e. The van der Waals surface area contributed by atoms with Crippen molar-refractivity contribution in [2.75, 3.05) is 13.2 Å². The van der Waals surface area contributed by atoms with Crippen LogP contribution in [0.25, 0.3) is 0 Å². The summed E-state index contributed by atoms with van der Waals surface area (Å²) in [5.74, 6) is 0.541. The van der Waals surface area contributed by atoms with E-state index in [4.69, 9.17) is 27.9 Å². The Balaban J connectivity index is 1.96. The van der Waals surface area contributed by atoms with Crippen LogP contribution < -0.4 is 0 Å². The van der Waals surface area contributed by atoms with Gasteiger partial charge in [0, 0.05) is 31.0 Å². The Labute approximate surface area is 106 Å². The first kappa shape index (κ1) is 12.2. The number of halogens is 2. The molecule has 1 fully saturated rings. The minimum Gasteiger partial charge on any atom is -0.381 e. The molecular formula is C12H15Cl2NO. The van der Waals surface area contributed by atoms with Gasteiger partial charge in [0.2, 0.25) is 0 Å². The molecule has 0 saturated carbocycles. The summed E-state index contributed by atoms with van der Waals surface area (Å²) in [6, 6.07) is 1.94. The predicted molar refractivity (Wildman–Crippen MR) is 66.1 cm³/mol. The lowest BCUT2D eigenvalue weighted by Crippen LogP contribution is -2.25. The van der Waals surface area contributed by atoms with Crippen LogP contribution >= 0.6 is 23.2 Å². The van der Waals surface area contributed by atoms with Crippen molar-refractivity contribution in [2.45, 2.75) is 24.6 Å². The average molecular weight is 260 g/mol. The van der Waals surface area contributed by atoms with Gasteiger partial charge in [0.1, 0.15) is 0 Å². The molecule has 0 spiro atoms. The van der Waals surface area contributed by atoms with E-state index in [2.05, 4.69) is 4.98 Å². The van der Waals surface area contributed by atoms with E-state index in [1.54, 1.807) is 12.4 Å². The van der Waals surface area contributed by atoms with Gasteiger partial charge in [-0.2, -0.15) is 0 Å². The number of aromatic nitrogens is 1. The molecule has 0 bridgehead atoms. The van der Waals surface area contributed by atoms with Crippen molar-refractivity contribution in [1.82, 2.24) is 4.98 Å². The summed E-state index contributed by atoms with van der Waals surface area (Å²) < 4.78 is 5.33. The number of nitrogens with zero attached hydrogens (tertiary/aromatic N) is 1. The summed E-state index contributed by atoms with van der Waals surface area (Å²) in [7, 11) is 0. The fraction of sp³-hybridized carbons (Fsp3) is 0.583. The van der Waals surface area contributed by atoms with Gasteiger partial charge in [-0.25, -0.2) is 0 Å². The standard InChI is InChI=1S/C12H15Cl2NO/c13-11(9-2-5-16-6-3-9)7-10-1-4-15-8-12(10)14/h1,4,8-9,11H,2-3,5-7H2. The lowest BCUT2D eigenvalue weighted by Gasteiger charge is -2.26. The fourth-order valence-electron chi connectivity index (χ4n) is 2.02. The van der Waals surface area contributed by atoms with Crippen LogP contribution in [0.4, 0.5) is 0 Å².